The highest BCUT2D eigenvalue weighted by molar-refractivity contribution is 8.00. The smallest absolute Gasteiger partial charge is 0.242 e. The molecule has 1 saturated heterocycles. The average Bonchev–Trinajstić information content (AvgIpc) is 2.81. The zero-order valence-electron chi connectivity index (χ0n) is 16.7. The van der Waals surface area contributed by atoms with Gasteiger partial charge in [0, 0.05) is 54.6 Å². The monoisotopic (exact) mass is 411 g/mol. The number of anilines is 2. The molecule has 0 atom stereocenters. The van der Waals surface area contributed by atoms with Crippen molar-refractivity contribution in [2.24, 2.45) is 0 Å². The third-order valence-electron chi connectivity index (χ3n) is 5.18. The van der Waals surface area contributed by atoms with Gasteiger partial charge in [-0.05, 0) is 32.0 Å². The van der Waals surface area contributed by atoms with E-state index in [9.17, 15) is 9.59 Å². The number of thioether (sulfide) groups is 1. The summed E-state index contributed by atoms with van der Waals surface area (Å²) in [5.41, 5.74) is 0.831. The fraction of sp³-hybridized carbons (Fsp3) is 0.429. The van der Waals surface area contributed by atoms with Gasteiger partial charge in [-0.25, -0.2) is 9.97 Å². The second-order valence-electron chi connectivity index (χ2n) is 7.90. The van der Waals surface area contributed by atoms with Crippen LogP contribution in [0.4, 0.5) is 11.6 Å². The highest BCUT2D eigenvalue weighted by Crippen LogP contribution is 2.43. The summed E-state index contributed by atoms with van der Waals surface area (Å²) in [6.07, 6.45) is 3.85. The number of benzene rings is 1. The zero-order chi connectivity index (χ0) is 20.4. The van der Waals surface area contributed by atoms with Gasteiger partial charge in [0.2, 0.25) is 17.8 Å². The molecule has 0 saturated carbocycles. The minimum absolute atomic E-state index is 0.00267. The summed E-state index contributed by atoms with van der Waals surface area (Å²) in [6.45, 7) is 6.79. The molecule has 2 aromatic rings. The van der Waals surface area contributed by atoms with Crippen LogP contribution in [0.1, 0.15) is 20.3 Å². The molecular formula is C21H25N5O2S. The molecule has 2 aliphatic heterocycles. The van der Waals surface area contributed by atoms with Crippen LogP contribution in [0.2, 0.25) is 0 Å². The first-order chi connectivity index (χ1) is 13.9. The van der Waals surface area contributed by atoms with Crippen molar-refractivity contribution in [2.75, 3.05) is 42.5 Å². The number of carbonyl (C=O) groups excluding carboxylic acids is 2. The van der Waals surface area contributed by atoms with Gasteiger partial charge in [-0.2, -0.15) is 0 Å². The van der Waals surface area contributed by atoms with Crippen LogP contribution in [-0.2, 0) is 9.59 Å². The number of piperazine rings is 1. The van der Waals surface area contributed by atoms with Crippen molar-refractivity contribution in [3.63, 3.8) is 0 Å². The Hall–Kier alpha value is -2.61. The third kappa shape index (κ3) is 4.37. The summed E-state index contributed by atoms with van der Waals surface area (Å²) in [4.78, 5) is 41.2. The van der Waals surface area contributed by atoms with Gasteiger partial charge < -0.3 is 14.7 Å². The SMILES string of the molecule is CC1(C)CC(=O)N(CC(=O)N2CCN(c3ncccn3)CC2)c2ccccc2S1. The van der Waals surface area contributed by atoms with Crippen LogP contribution in [0.5, 0.6) is 0 Å². The number of para-hydroxylation sites is 1. The molecule has 2 amide bonds. The van der Waals surface area contributed by atoms with E-state index in [2.05, 4.69) is 28.7 Å². The molecule has 0 aliphatic carbocycles. The number of carbonyl (C=O) groups is 2. The third-order valence-corrected chi connectivity index (χ3v) is 6.44. The number of aromatic nitrogens is 2. The molecule has 8 heteroatoms. The van der Waals surface area contributed by atoms with Crippen molar-refractivity contribution < 1.29 is 9.59 Å². The summed E-state index contributed by atoms with van der Waals surface area (Å²) >= 11 is 1.70. The van der Waals surface area contributed by atoms with Crippen LogP contribution in [0.15, 0.2) is 47.6 Å². The molecular weight excluding hydrogens is 386 g/mol. The lowest BCUT2D eigenvalue weighted by Crippen LogP contribution is -2.52. The summed E-state index contributed by atoms with van der Waals surface area (Å²) in [6, 6.07) is 9.64. The standard InChI is InChI=1S/C21H25N5O2S/c1-21(2)14-18(27)26(16-6-3-4-7-17(16)29-21)15-19(28)24-10-12-25(13-11-24)20-22-8-5-9-23-20/h3-9H,10-15H2,1-2H3. The molecule has 0 bridgehead atoms. The molecule has 0 spiro atoms. The molecule has 7 nitrogen and oxygen atoms in total. The molecule has 152 valence electrons. The number of hydrogen-bond donors (Lipinski definition) is 0. The van der Waals surface area contributed by atoms with Gasteiger partial charge >= 0.3 is 0 Å². The number of rotatable bonds is 3. The van der Waals surface area contributed by atoms with Crippen molar-refractivity contribution >= 4 is 35.2 Å². The van der Waals surface area contributed by atoms with Gasteiger partial charge in [-0.3, -0.25) is 9.59 Å². The Kier molecular flexibility index (Phi) is 5.45. The van der Waals surface area contributed by atoms with Crippen molar-refractivity contribution in [1.82, 2.24) is 14.9 Å². The fourth-order valence-corrected chi connectivity index (χ4v) is 4.93. The molecule has 3 heterocycles. The van der Waals surface area contributed by atoms with E-state index in [0.717, 1.165) is 10.6 Å². The molecule has 4 rings (SSSR count). The number of hydrogen-bond acceptors (Lipinski definition) is 6. The molecule has 1 fully saturated rings. The highest BCUT2D eigenvalue weighted by atomic mass is 32.2. The fourth-order valence-electron chi connectivity index (χ4n) is 3.71. The Morgan fingerprint density at radius 1 is 1.07 bits per heavy atom. The van der Waals surface area contributed by atoms with E-state index >= 15 is 0 Å². The molecule has 1 aromatic heterocycles. The van der Waals surface area contributed by atoms with E-state index in [0.29, 0.717) is 38.5 Å². The first-order valence-corrected chi connectivity index (χ1v) is 10.6. The average molecular weight is 412 g/mol. The zero-order valence-corrected chi connectivity index (χ0v) is 17.6. The maximum atomic E-state index is 13.0. The summed E-state index contributed by atoms with van der Waals surface area (Å²) < 4.78 is -0.202. The van der Waals surface area contributed by atoms with Crippen LogP contribution in [-0.4, -0.2) is 64.2 Å². The van der Waals surface area contributed by atoms with Crippen LogP contribution in [0.25, 0.3) is 0 Å². The molecule has 0 radical (unpaired) electrons. The topological polar surface area (TPSA) is 69.6 Å². The summed E-state index contributed by atoms with van der Waals surface area (Å²) in [5, 5.41) is 0. The van der Waals surface area contributed by atoms with Gasteiger partial charge in [0.15, 0.2) is 0 Å². The minimum atomic E-state index is -0.202. The van der Waals surface area contributed by atoms with Gasteiger partial charge in [-0.15, -0.1) is 11.8 Å². The Morgan fingerprint density at radius 2 is 1.76 bits per heavy atom. The van der Waals surface area contributed by atoms with E-state index in [1.54, 1.807) is 35.1 Å². The van der Waals surface area contributed by atoms with Crippen LogP contribution in [0, 0.1) is 0 Å². The summed E-state index contributed by atoms with van der Waals surface area (Å²) in [7, 11) is 0. The lowest BCUT2D eigenvalue weighted by Gasteiger charge is -2.35. The van der Waals surface area contributed by atoms with Crippen LogP contribution >= 0.6 is 11.8 Å². The van der Waals surface area contributed by atoms with E-state index in [1.165, 1.54) is 0 Å². The molecule has 29 heavy (non-hydrogen) atoms. The van der Waals surface area contributed by atoms with Crippen molar-refractivity contribution in [3.8, 4) is 0 Å². The number of amides is 2. The quantitative estimate of drug-likeness (QED) is 0.773. The van der Waals surface area contributed by atoms with Crippen molar-refractivity contribution in [3.05, 3.63) is 42.7 Å². The van der Waals surface area contributed by atoms with E-state index in [4.69, 9.17) is 0 Å². The van der Waals surface area contributed by atoms with E-state index in [-0.39, 0.29) is 23.1 Å². The van der Waals surface area contributed by atoms with Gasteiger partial charge in [0.05, 0.1) is 5.69 Å². The number of nitrogens with zero attached hydrogens (tertiary/aromatic N) is 5. The normalized spacial score (nSPS) is 19.0. The molecule has 2 aliphatic rings. The Balaban J connectivity index is 1.45. The molecule has 0 N–H and O–H groups in total. The van der Waals surface area contributed by atoms with Crippen molar-refractivity contribution in [2.45, 2.75) is 29.9 Å². The highest BCUT2D eigenvalue weighted by Gasteiger charge is 2.35. The van der Waals surface area contributed by atoms with Gasteiger partial charge in [0.1, 0.15) is 6.54 Å². The minimum Gasteiger partial charge on any atom is -0.338 e. The first kappa shape index (κ1) is 19.7. The molecule has 0 unspecified atom stereocenters. The van der Waals surface area contributed by atoms with Crippen molar-refractivity contribution in [1.29, 1.82) is 0 Å². The molecule has 1 aromatic carbocycles. The first-order valence-electron chi connectivity index (χ1n) is 9.81. The lowest BCUT2D eigenvalue weighted by molar-refractivity contribution is -0.131. The van der Waals surface area contributed by atoms with Crippen LogP contribution in [0.3, 0.4) is 0 Å². The Labute approximate surface area is 175 Å². The summed E-state index contributed by atoms with van der Waals surface area (Å²) in [5.74, 6) is 0.666. The maximum Gasteiger partial charge on any atom is 0.242 e. The van der Waals surface area contributed by atoms with Gasteiger partial charge in [-0.1, -0.05) is 12.1 Å². The van der Waals surface area contributed by atoms with E-state index in [1.807, 2.05) is 29.2 Å². The number of fused-ring (bicyclic) bond motifs is 1. The predicted octanol–water partition coefficient (Wildman–Crippen LogP) is 2.43. The maximum absolute atomic E-state index is 13.0. The predicted molar refractivity (Wildman–Crippen MR) is 114 cm³/mol. The van der Waals surface area contributed by atoms with E-state index < -0.39 is 0 Å². The Bertz CT molecular complexity index is 897. The van der Waals surface area contributed by atoms with Crippen LogP contribution < -0.4 is 9.80 Å². The lowest BCUT2D eigenvalue weighted by atomic mass is 10.1. The van der Waals surface area contributed by atoms with Gasteiger partial charge in [0.25, 0.3) is 0 Å². The largest absolute Gasteiger partial charge is 0.338 e. The second kappa shape index (κ2) is 8.02. The second-order valence-corrected chi connectivity index (χ2v) is 9.65. The Morgan fingerprint density at radius 3 is 2.48 bits per heavy atom.